The first-order valence-electron chi connectivity index (χ1n) is 4.97. The Morgan fingerprint density at radius 2 is 1.00 bits per heavy atom. The van der Waals surface area contributed by atoms with Gasteiger partial charge in [-0.25, -0.2) is 12.1 Å². The Labute approximate surface area is 100 Å². The number of rotatable bonds is 0. The second-order valence-corrected chi connectivity index (χ2v) is 3.06. The molecule has 0 saturated heterocycles. The molecule has 0 nitrogen and oxygen atoms in total. The molecule has 0 amide bonds. The molecule has 0 bridgehead atoms. The maximum absolute atomic E-state index is 2.27. The number of allylic oxidation sites excluding steroid dienone is 4. The van der Waals surface area contributed by atoms with Gasteiger partial charge in [0.1, 0.15) is 0 Å². The molecule has 1 aromatic carbocycles. The van der Waals surface area contributed by atoms with Crippen LogP contribution in [0.2, 0.25) is 0 Å². The van der Waals surface area contributed by atoms with Gasteiger partial charge in [-0.2, -0.15) is 18.2 Å². The zero-order valence-corrected chi connectivity index (χ0v) is 10.8. The van der Waals surface area contributed by atoms with Gasteiger partial charge in [-0.1, -0.05) is 24.3 Å². The van der Waals surface area contributed by atoms with Gasteiger partial charge >= 0.3 is 0 Å². The molecule has 2 rings (SSSR count). The van der Waals surface area contributed by atoms with Gasteiger partial charge in [0.05, 0.1) is 0 Å². The molecule has 1 aromatic rings. The van der Waals surface area contributed by atoms with Crippen molar-refractivity contribution >= 4 is 0 Å². The van der Waals surface area contributed by atoms with E-state index in [2.05, 4.69) is 24.3 Å². The Balaban J connectivity index is 0.000000246. The van der Waals surface area contributed by atoms with Crippen molar-refractivity contribution < 1.29 is 20.1 Å². The molecule has 0 saturated carbocycles. The molecule has 14 heavy (non-hydrogen) atoms. The van der Waals surface area contributed by atoms with Gasteiger partial charge in [-0.3, -0.25) is 0 Å². The summed E-state index contributed by atoms with van der Waals surface area (Å²) in [5.74, 6) is 0. The van der Waals surface area contributed by atoms with E-state index in [1.807, 2.05) is 30.3 Å². The third-order valence-electron chi connectivity index (χ3n) is 1.89. The van der Waals surface area contributed by atoms with E-state index >= 15 is 0 Å². The van der Waals surface area contributed by atoms with Crippen molar-refractivity contribution in [2.24, 2.45) is 0 Å². The second kappa shape index (κ2) is 10.6. The normalized spacial score (nSPS) is 14.3. The molecule has 0 atom stereocenters. The maximum atomic E-state index is 2.27. The molecule has 0 N–H and O–H groups in total. The largest absolute Gasteiger partial charge is 0.214 e. The molecule has 1 heteroatoms. The summed E-state index contributed by atoms with van der Waals surface area (Å²) in [7, 11) is 0. The molecular weight excluding hydrogens is 348 g/mol. The minimum atomic E-state index is 0. The summed E-state index contributed by atoms with van der Waals surface area (Å²) < 4.78 is 0. The predicted molar refractivity (Wildman–Crippen MR) is 58.8 cm³/mol. The van der Waals surface area contributed by atoms with Gasteiger partial charge in [0, 0.05) is 20.1 Å². The van der Waals surface area contributed by atoms with Crippen LogP contribution < -0.4 is 0 Å². The number of hydrogen-bond acceptors (Lipinski definition) is 0. The molecule has 0 unspecified atom stereocenters. The van der Waals surface area contributed by atoms with Crippen LogP contribution in [0, 0.1) is 0 Å². The summed E-state index contributed by atoms with van der Waals surface area (Å²) >= 11 is 0. The van der Waals surface area contributed by atoms with Crippen molar-refractivity contribution in [3.05, 3.63) is 54.6 Å². The molecule has 1 aliphatic carbocycles. The van der Waals surface area contributed by atoms with Crippen LogP contribution in [0.15, 0.2) is 54.6 Å². The first-order chi connectivity index (χ1) is 6.50. The summed E-state index contributed by atoms with van der Waals surface area (Å²) in [6.07, 6.45) is 14.0. The Bertz CT molecular complexity index is 189. The smallest absolute Gasteiger partial charge is 0 e. The van der Waals surface area contributed by atoms with Gasteiger partial charge in [0.2, 0.25) is 0 Å². The first-order valence-corrected chi connectivity index (χ1v) is 4.97. The zero-order valence-electron chi connectivity index (χ0n) is 8.36. The average Bonchev–Trinajstić information content (AvgIpc) is 2.58. The molecule has 0 aliphatic heterocycles. The Morgan fingerprint density at radius 1 is 0.643 bits per heavy atom. The van der Waals surface area contributed by atoms with Crippen molar-refractivity contribution in [3.8, 4) is 0 Å². The summed E-state index contributed by atoms with van der Waals surface area (Å²) in [6, 6.07) is 10.0. The summed E-state index contributed by atoms with van der Waals surface area (Å²) in [5.41, 5.74) is 0. The standard InChI is InChI=1S/C8H12.C5H5.Ir/c1-2-4-6-8-7-5-3-1;1-2-4-5-3-1;/h1-2,7-8H,3-6H2;1-5H;/q;-1;. The minimum Gasteiger partial charge on any atom is -0.214 e. The van der Waals surface area contributed by atoms with Crippen molar-refractivity contribution in [2.75, 3.05) is 0 Å². The Morgan fingerprint density at radius 3 is 1.21 bits per heavy atom. The van der Waals surface area contributed by atoms with Gasteiger partial charge in [-0.15, -0.1) is 0 Å². The van der Waals surface area contributed by atoms with E-state index in [9.17, 15) is 0 Å². The fourth-order valence-corrected chi connectivity index (χ4v) is 1.18. The minimum absolute atomic E-state index is 0. The molecule has 0 heterocycles. The average molecular weight is 365 g/mol. The third kappa shape index (κ3) is 8.09. The SMILES string of the molecule is C1=CCCC=CCC1.[Ir].c1cc[cH-]c1. The van der Waals surface area contributed by atoms with Crippen molar-refractivity contribution in [3.63, 3.8) is 0 Å². The maximum Gasteiger partial charge on any atom is 0 e. The van der Waals surface area contributed by atoms with Gasteiger partial charge in [0.15, 0.2) is 0 Å². The number of hydrogen-bond donors (Lipinski definition) is 0. The van der Waals surface area contributed by atoms with E-state index in [1.54, 1.807) is 0 Å². The molecular formula is C13H17Ir-. The Hall–Kier alpha value is -0.521. The van der Waals surface area contributed by atoms with Crippen molar-refractivity contribution in [1.82, 2.24) is 0 Å². The summed E-state index contributed by atoms with van der Waals surface area (Å²) in [4.78, 5) is 0. The van der Waals surface area contributed by atoms with Crippen LogP contribution in [0.1, 0.15) is 25.7 Å². The summed E-state index contributed by atoms with van der Waals surface area (Å²) in [6.45, 7) is 0. The van der Waals surface area contributed by atoms with Crippen LogP contribution in [-0.4, -0.2) is 0 Å². The molecule has 0 spiro atoms. The van der Waals surface area contributed by atoms with Crippen LogP contribution >= 0.6 is 0 Å². The van der Waals surface area contributed by atoms with E-state index in [0.717, 1.165) is 0 Å². The second-order valence-electron chi connectivity index (χ2n) is 3.06. The van der Waals surface area contributed by atoms with Crippen LogP contribution in [0.3, 0.4) is 0 Å². The molecule has 0 fully saturated rings. The topological polar surface area (TPSA) is 0 Å². The van der Waals surface area contributed by atoms with Gasteiger partial charge in [-0.05, 0) is 25.7 Å². The quantitative estimate of drug-likeness (QED) is 0.480. The van der Waals surface area contributed by atoms with Gasteiger partial charge < -0.3 is 0 Å². The van der Waals surface area contributed by atoms with Crippen LogP contribution in [0.4, 0.5) is 0 Å². The van der Waals surface area contributed by atoms with Crippen LogP contribution in [-0.2, 0) is 20.1 Å². The molecule has 1 aliphatic rings. The van der Waals surface area contributed by atoms with E-state index in [-0.39, 0.29) is 20.1 Å². The zero-order chi connectivity index (χ0) is 9.19. The fourth-order valence-electron chi connectivity index (χ4n) is 1.18. The van der Waals surface area contributed by atoms with Gasteiger partial charge in [0.25, 0.3) is 0 Å². The van der Waals surface area contributed by atoms with E-state index < -0.39 is 0 Å². The van der Waals surface area contributed by atoms with Crippen LogP contribution in [0.5, 0.6) is 0 Å². The van der Waals surface area contributed by atoms with E-state index in [4.69, 9.17) is 0 Å². The van der Waals surface area contributed by atoms with Crippen LogP contribution in [0.25, 0.3) is 0 Å². The molecule has 79 valence electrons. The molecule has 0 aromatic heterocycles. The monoisotopic (exact) mass is 366 g/mol. The third-order valence-corrected chi connectivity index (χ3v) is 1.89. The van der Waals surface area contributed by atoms with Crippen molar-refractivity contribution in [2.45, 2.75) is 25.7 Å². The predicted octanol–water partition coefficient (Wildman–Crippen LogP) is 4.08. The molecule has 1 radical (unpaired) electrons. The summed E-state index contributed by atoms with van der Waals surface area (Å²) in [5, 5.41) is 0. The van der Waals surface area contributed by atoms with Crippen molar-refractivity contribution in [1.29, 1.82) is 0 Å². The van der Waals surface area contributed by atoms with E-state index in [0.29, 0.717) is 0 Å². The fraction of sp³-hybridized carbons (Fsp3) is 0.308. The van der Waals surface area contributed by atoms with E-state index in [1.165, 1.54) is 25.7 Å². The first kappa shape index (κ1) is 13.5. The Kier molecular flexibility index (Phi) is 10.2.